The fourth-order valence-corrected chi connectivity index (χ4v) is 10.6. The number of hydrogen-bond acceptors (Lipinski definition) is 0. The van der Waals surface area contributed by atoms with E-state index in [0.29, 0.717) is 11.3 Å². The zero-order chi connectivity index (χ0) is 36.9. The Morgan fingerprint density at radius 3 is 1.76 bits per heavy atom. The van der Waals surface area contributed by atoms with Crippen molar-refractivity contribution in [3.8, 4) is 11.1 Å². The Kier molecular flexibility index (Phi) is 11.1. The van der Waals surface area contributed by atoms with Crippen molar-refractivity contribution < 1.29 is 24.2 Å². The summed E-state index contributed by atoms with van der Waals surface area (Å²) in [4.78, 5) is 0. The topological polar surface area (TPSA) is 0 Å². The van der Waals surface area contributed by atoms with Crippen LogP contribution in [-0.2, 0) is 46.9 Å². The van der Waals surface area contributed by atoms with E-state index in [4.69, 9.17) is 0 Å². The molecule has 51 heavy (non-hydrogen) atoms. The van der Waals surface area contributed by atoms with Gasteiger partial charge in [0.25, 0.3) is 0 Å². The van der Waals surface area contributed by atoms with Gasteiger partial charge in [-0.15, -0.1) is 11.1 Å². The molecule has 0 N–H and O–H groups in total. The first-order valence-corrected chi connectivity index (χ1v) is 21.4. The summed E-state index contributed by atoms with van der Waals surface area (Å²) in [5.41, 5.74) is 15.5. The first-order chi connectivity index (χ1) is 23.8. The van der Waals surface area contributed by atoms with E-state index in [1.54, 1.807) is 44.1 Å². The molecular formula is C50H64Zr. The molecule has 3 aromatic rings. The molecule has 3 aromatic carbocycles. The van der Waals surface area contributed by atoms with Gasteiger partial charge >= 0.3 is 89.5 Å². The molecule has 4 fully saturated rings. The number of rotatable bonds is 3. The third-order valence-corrected chi connectivity index (χ3v) is 13.3. The van der Waals surface area contributed by atoms with Gasteiger partial charge < -0.3 is 0 Å². The van der Waals surface area contributed by atoms with Crippen LogP contribution in [0.15, 0.2) is 71.8 Å². The fraction of sp³-hybridized carbons (Fsp3) is 0.540. The molecule has 1 atom stereocenters. The van der Waals surface area contributed by atoms with Gasteiger partial charge in [0.15, 0.2) is 0 Å². The summed E-state index contributed by atoms with van der Waals surface area (Å²) in [7, 11) is 0. The maximum absolute atomic E-state index is 3.67. The van der Waals surface area contributed by atoms with Gasteiger partial charge in [-0.05, 0) is 90.1 Å². The van der Waals surface area contributed by atoms with Crippen LogP contribution in [0, 0.1) is 41.2 Å². The van der Waals surface area contributed by atoms with Gasteiger partial charge in [0.1, 0.15) is 0 Å². The van der Waals surface area contributed by atoms with Crippen molar-refractivity contribution in [2.24, 2.45) is 29.1 Å². The van der Waals surface area contributed by atoms with E-state index < -0.39 is 0 Å². The molecule has 1 unspecified atom stereocenters. The summed E-state index contributed by atoms with van der Waals surface area (Å²) in [6.45, 7) is 24.9. The Labute approximate surface area is 327 Å². The van der Waals surface area contributed by atoms with Crippen molar-refractivity contribution in [1.29, 1.82) is 0 Å². The van der Waals surface area contributed by atoms with E-state index in [-0.39, 0.29) is 16.2 Å². The van der Waals surface area contributed by atoms with Crippen LogP contribution in [0.5, 0.6) is 0 Å². The average molecular weight is 756 g/mol. The van der Waals surface area contributed by atoms with E-state index in [1.807, 2.05) is 0 Å². The van der Waals surface area contributed by atoms with Crippen LogP contribution in [0.25, 0.3) is 11.1 Å². The molecular weight excluding hydrogens is 692 g/mol. The van der Waals surface area contributed by atoms with Crippen LogP contribution in [0.2, 0.25) is 0 Å². The second-order valence-corrected chi connectivity index (χ2v) is 20.9. The molecule has 0 aliphatic heterocycles. The monoisotopic (exact) mass is 754 g/mol. The third-order valence-electron chi connectivity index (χ3n) is 12.5. The van der Waals surface area contributed by atoms with Crippen LogP contribution in [-0.4, -0.2) is 3.71 Å². The van der Waals surface area contributed by atoms with Crippen LogP contribution >= 0.6 is 0 Å². The van der Waals surface area contributed by atoms with Gasteiger partial charge in [0.2, 0.25) is 0 Å². The number of fused-ring (bicyclic) bond motifs is 3. The van der Waals surface area contributed by atoms with Crippen molar-refractivity contribution >= 4 is 3.71 Å². The minimum atomic E-state index is 0.167. The van der Waals surface area contributed by atoms with Crippen molar-refractivity contribution in [2.45, 2.75) is 144 Å². The van der Waals surface area contributed by atoms with Gasteiger partial charge in [-0.25, -0.2) is 5.57 Å². The van der Waals surface area contributed by atoms with Crippen molar-refractivity contribution in [3.63, 3.8) is 0 Å². The van der Waals surface area contributed by atoms with Gasteiger partial charge in [0, 0.05) is 0 Å². The molecule has 1 heteroatoms. The molecule has 4 saturated carbocycles. The van der Waals surface area contributed by atoms with Crippen molar-refractivity contribution in [1.82, 2.24) is 0 Å². The smallest absolute Gasteiger partial charge is 0.0402 e. The normalized spacial score (nSPS) is 25.9. The summed E-state index contributed by atoms with van der Waals surface area (Å²) in [6, 6.07) is 24.0. The van der Waals surface area contributed by atoms with Crippen LogP contribution in [0.3, 0.4) is 0 Å². The second-order valence-electron chi connectivity index (χ2n) is 20.2. The number of hydrogen-bond donors (Lipinski definition) is 0. The quantitative estimate of drug-likeness (QED) is 0.183. The molecule has 6 aliphatic rings. The molecule has 4 bridgehead atoms. The Hall–Kier alpha value is -2.11. The Morgan fingerprint density at radius 1 is 0.725 bits per heavy atom. The SMILES string of the molecule is CC(C)(C)c1[c-]c2c(cc1)-c1ccc(C(C)(C)C)cc1C2.CC(C)(C)c1ccc([CH]=[Zr+2])cc1.CC1=[C-]C(C)C=C1CC12CC3CC(CC(C3)C1)C2. The van der Waals surface area contributed by atoms with Crippen molar-refractivity contribution in [3.05, 3.63) is 117 Å². The summed E-state index contributed by atoms with van der Waals surface area (Å²) in [6.07, 6.45) is 17.8. The fourth-order valence-electron chi connectivity index (χ4n) is 10.1. The Morgan fingerprint density at radius 2 is 1.27 bits per heavy atom. The third kappa shape index (κ3) is 9.00. The van der Waals surface area contributed by atoms with Crippen LogP contribution in [0.1, 0.15) is 154 Å². The van der Waals surface area contributed by atoms with Gasteiger partial charge in [-0.1, -0.05) is 91.5 Å². The predicted molar refractivity (Wildman–Crippen MR) is 216 cm³/mol. The molecule has 0 nitrogen and oxygen atoms in total. The predicted octanol–water partition coefficient (Wildman–Crippen LogP) is 13.3. The van der Waals surface area contributed by atoms with Crippen LogP contribution in [0.4, 0.5) is 0 Å². The summed E-state index contributed by atoms with van der Waals surface area (Å²) >= 11 is 1.46. The first-order valence-electron chi connectivity index (χ1n) is 19.9. The van der Waals surface area contributed by atoms with Gasteiger partial charge in [-0.2, -0.15) is 35.4 Å². The first kappa shape index (κ1) is 38.6. The molecule has 0 aromatic heterocycles. The zero-order valence-corrected chi connectivity index (χ0v) is 36.3. The van der Waals surface area contributed by atoms with Gasteiger partial charge in [0.05, 0.1) is 0 Å². The summed E-state index contributed by atoms with van der Waals surface area (Å²) in [5.74, 6) is 3.82. The average Bonchev–Trinajstić information content (AvgIpc) is 3.56. The molecule has 9 rings (SSSR count). The Balaban J connectivity index is 0.000000137. The van der Waals surface area contributed by atoms with E-state index in [0.717, 1.165) is 24.2 Å². The summed E-state index contributed by atoms with van der Waals surface area (Å²) < 4.78 is 2.21. The molecule has 0 saturated heterocycles. The standard InChI is InChI=1S/C21H25.C18H25.C11H14.Zr/c1-20(2,3)16-7-9-18-14(12-16)11-15-13-17(21(4,5)6)8-10-19(15)18;1-12-3-13(2)17(4-12)11-18-8-14-5-15(9-18)7-16(6-14)10-18;1-9-5-7-10(8-6-9)11(2,3)4;/h7-10,12H,11H2,1-6H3;4,12,14-16H,5-11H2,1-2H3;1,5-8H,2-4H3;/q2*-1;;+2. The number of allylic oxidation sites excluding steroid dienone is 4. The van der Waals surface area contributed by atoms with Crippen LogP contribution < -0.4 is 0 Å². The van der Waals surface area contributed by atoms with E-state index in [1.165, 1.54) is 80.7 Å². The molecule has 0 radical (unpaired) electrons. The van der Waals surface area contributed by atoms with E-state index in [9.17, 15) is 0 Å². The Bertz CT molecular complexity index is 1690. The molecule has 0 spiro atoms. The largest absolute Gasteiger partial charge is 0.266 e. The second kappa shape index (κ2) is 14.6. The number of benzene rings is 3. The van der Waals surface area contributed by atoms with E-state index in [2.05, 4.69) is 153 Å². The molecule has 6 aliphatic carbocycles. The zero-order valence-electron chi connectivity index (χ0n) is 33.8. The molecule has 0 heterocycles. The minimum absolute atomic E-state index is 0.167. The molecule has 268 valence electrons. The maximum Gasteiger partial charge on any atom is -0.0402 e. The maximum atomic E-state index is 3.67. The minimum Gasteiger partial charge on any atom is -0.266 e. The molecule has 0 amide bonds. The summed E-state index contributed by atoms with van der Waals surface area (Å²) in [5, 5.41) is 0. The van der Waals surface area contributed by atoms with E-state index >= 15 is 0 Å². The van der Waals surface area contributed by atoms with Crippen molar-refractivity contribution in [2.75, 3.05) is 0 Å². The van der Waals surface area contributed by atoms with Gasteiger partial charge in [-0.3, -0.25) is 6.08 Å².